The number of rotatable bonds is 6. The van der Waals surface area contributed by atoms with E-state index < -0.39 is 0 Å². The van der Waals surface area contributed by atoms with Crippen LogP contribution in [0.15, 0.2) is 24.3 Å². The number of amides is 1. The molecule has 0 heterocycles. The lowest BCUT2D eigenvalue weighted by Gasteiger charge is -2.14. The highest BCUT2D eigenvalue weighted by molar-refractivity contribution is 6.30. The highest BCUT2D eigenvalue weighted by atomic mass is 35.5. The molecule has 0 radical (unpaired) electrons. The van der Waals surface area contributed by atoms with E-state index in [9.17, 15) is 4.79 Å². The second kappa shape index (κ2) is 7.14. The zero-order chi connectivity index (χ0) is 12.7. The van der Waals surface area contributed by atoms with Crippen molar-refractivity contribution >= 4 is 17.5 Å². The third-order valence-electron chi connectivity index (χ3n) is 2.26. The van der Waals surface area contributed by atoms with Gasteiger partial charge in [0, 0.05) is 5.02 Å². The number of carbonyl (C=O) groups is 1. The molecular weight excluding hydrogens is 242 g/mol. The summed E-state index contributed by atoms with van der Waals surface area (Å²) in [4.78, 5) is 11.4. The van der Waals surface area contributed by atoms with Gasteiger partial charge in [-0.2, -0.15) is 0 Å². The smallest absolute Gasteiger partial charge is 0.258 e. The van der Waals surface area contributed by atoms with Gasteiger partial charge in [0.15, 0.2) is 6.61 Å². The van der Waals surface area contributed by atoms with E-state index in [1.165, 1.54) is 0 Å². The molecule has 94 valence electrons. The van der Waals surface area contributed by atoms with Crippen LogP contribution < -0.4 is 10.1 Å². The van der Waals surface area contributed by atoms with Crippen molar-refractivity contribution < 1.29 is 14.6 Å². The zero-order valence-corrected chi connectivity index (χ0v) is 10.4. The Balaban J connectivity index is 2.35. The van der Waals surface area contributed by atoms with Crippen molar-refractivity contribution in [3.05, 3.63) is 29.3 Å². The van der Waals surface area contributed by atoms with Gasteiger partial charge in [-0.05, 0) is 30.7 Å². The molecule has 0 bridgehead atoms. The molecule has 0 aliphatic carbocycles. The van der Waals surface area contributed by atoms with E-state index >= 15 is 0 Å². The summed E-state index contributed by atoms with van der Waals surface area (Å²) in [5.74, 6) is 0.336. The summed E-state index contributed by atoms with van der Waals surface area (Å²) in [6, 6.07) is 6.56. The maximum Gasteiger partial charge on any atom is 0.258 e. The minimum absolute atomic E-state index is 0.0663. The predicted octanol–water partition coefficient (Wildman–Crippen LogP) is 1.61. The molecule has 0 aromatic heterocycles. The Labute approximate surface area is 106 Å². The maximum absolute atomic E-state index is 11.4. The molecule has 17 heavy (non-hydrogen) atoms. The summed E-state index contributed by atoms with van der Waals surface area (Å²) in [5.41, 5.74) is 0. The summed E-state index contributed by atoms with van der Waals surface area (Å²) >= 11 is 5.72. The van der Waals surface area contributed by atoms with Crippen molar-refractivity contribution in [3.8, 4) is 5.75 Å². The topological polar surface area (TPSA) is 58.6 Å². The molecule has 0 aliphatic rings. The molecule has 0 aliphatic heterocycles. The fourth-order valence-corrected chi connectivity index (χ4v) is 1.35. The monoisotopic (exact) mass is 257 g/mol. The van der Waals surface area contributed by atoms with Crippen LogP contribution in [0.2, 0.25) is 5.02 Å². The van der Waals surface area contributed by atoms with E-state index in [0.29, 0.717) is 17.2 Å². The number of aliphatic hydroxyl groups is 1. The first-order valence-corrected chi connectivity index (χ1v) is 5.82. The molecular formula is C12H16ClNO3. The van der Waals surface area contributed by atoms with E-state index in [2.05, 4.69) is 5.32 Å². The Morgan fingerprint density at radius 1 is 1.47 bits per heavy atom. The van der Waals surface area contributed by atoms with Gasteiger partial charge >= 0.3 is 0 Å². The van der Waals surface area contributed by atoms with Crippen LogP contribution in [0.3, 0.4) is 0 Å². The highest BCUT2D eigenvalue weighted by Gasteiger charge is 2.09. The molecule has 1 aromatic carbocycles. The number of hydrogen-bond acceptors (Lipinski definition) is 3. The lowest BCUT2D eigenvalue weighted by atomic mass is 10.2. The molecule has 1 atom stereocenters. The van der Waals surface area contributed by atoms with Crippen molar-refractivity contribution in [2.75, 3.05) is 13.2 Å². The van der Waals surface area contributed by atoms with Crippen LogP contribution in [0.5, 0.6) is 5.75 Å². The van der Waals surface area contributed by atoms with Gasteiger partial charge in [0.05, 0.1) is 12.6 Å². The minimum atomic E-state index is -0.249. The van der Waals surface area contributed by atoms with Crippen LogP contribution in [0.25, 0.3) is 0 Å². The third kappa shape index (κ3) is 5.06. The van der Waals surface area contributed by atoms with Crippen molar-refractivity contribution in [3.63, 3.8) is 0 Å². The molecule has 1 rings (SSSR count). The Hall–Kier alpha value is -1.26. The van der Waals surface area contributed by atoms with Gasteiger partial charge in [-0.3, -0.25) is 4.79 Å². The van der Waals surface area contributed by atoms with Crippen LogP contribution in [0.4, 0.5) is 0 Å². The van der Waals surface area contributed by atoms with Crippen LogP contribution in [0.1, 0.15) is 13.3 Å². The van der Waals surface area contributed by atoms with E-state index in [0.717, 1.165) is 0 Å². The molecule has 0 unspecified atom stereocenters. The highest BCUT2D eigenvalue weighted by Crippen LogP contribution is 2.15. The van der Waals surface area contributed by atoms with E-state index in [4.69, 9.17) is 21.4 Å². The Kier molecular flexibility index (Phi) is 5.80. The lowest BCUT2D eigenvalue weighted by molar-refractivity contribution is -0.124. The van der Waals surface area contributed by atoms with Gasteiger partial charge < -0.3 is 15.2 Å². The molecule has 5 heteroatoms. The molecule has 0 spiro atoms. The average molecular weight is 258 g/mol. The molecule has 0 saturated heterocycles. The molecule has 2 N–H and O–H groups in total. The standard InChI is InChI=1S/C12H16ClNO3/c1-2-10(7-15)14-12(16)8-17-11-5-3-9(13)4-6-11/h3-6,10,15H,2,7-8H2,1H3,(H,14,16)/t10-/m0/s1. The number of nitrogens with one attached hydrogen (secondary N) is 1. The number of benzene rings is 1. The minimum Gasteiger partial charge on any atom is -0.484 e. The van der Waals surface area contributed by atoms with Crippen molar-refractivity contribution in [2.45, 2.75) is 19.4 Å². The Morgan fingerprint density at radius 2 is 2.12 bits per heavy atom. The van der Waals surface area contributed by atoms with Crippen LogP contribution in [-0.2, 0) is 4.79 Å². The number of aliphatic hydroxyl groups excluding tert-OH is 1. The van der Waals surface area contributed by atoms with Gasteiger partial charge in [0.25, 0.3) is 5.91 Å². The number of hydrogen-bond donors (Lipinski definition) is 2. The number of carbonyl (C=O) groups excluding carboxylic acids is 1. The summed E-state index contributed by atoms with van der Waals surface area (Å²) in [7, 11) is 0. The lowest BCUT2D eigenvalue weighted by Crippen LogP contribution is -2.39. The normalized spacial score (nSPS) is 11.9. The summed E-state index contributed by atoms with van der Waals surface area (Å²) in [5, 5.41) is 12.2. The number of ether oxygens (including phenoxy) is 1. The van der Waals surface area contributed by atoms with Gasteiger partial charge in [0.2, 0.25) is 0 Å². The molecule has 4 nitrogen and oxygen atoms in total. The Bertz CT molecular complexity index is 349. The van der Waals surface area contributed by atoms with Gasteiger partial charge in [0.1, 0.15) is 5.75 Å². The quantitative estimate of drug-likeness (QED) is 0.814. The Morgan fingerprint density at radius 3 is 2.65 bits per heavy atom. The average Bonchev–Trinajstić information content (AvgIpc) is 2.35. The fraction of sp³-hybridized carbons (Fsp3) is 0.417. The van der Waals surface area contributed by atoms with Gasteiger partial charge in [-0.1, -0.05) is 18.5 Å². The SMILES string of the molecule is CC[C@@H](CO)NC(=O)COc1ccc(Cl)cc1. The second-order valence-corrected chi connectivity index (χ2v) is 4.03. The molecule has 1 amide bonds. The van der Waals surface area contributed by atoms with E-state index in [1.807, 2.05) is 6.92 Å². The predicted molar refractivity (Wildman–Crippen MR) is 66.3 cm³/mol. The van der Waals surface area contributed by atoms with Gasteiger partial charge in [-0.25, -0.2) is 0 Å². The molecule has 0 fully saturated rings. The van der Waals surface area contributed by atoms with Crippen molar-refractivity contribution in [1.29, 1.82) is 0 Å². The number of halogens is 1. The summed E-state index contributed by atoms with van der Waals surface area (Å²) in [6.45, 7) is 1.75. The second-order valence-electron chi connectivity index (χ2n) is 3.60. The summed E-state index contributed by atoms with van der Waals surface area (Å²) in [6.07, 6.45) is 0.684. The molecule has 1 aromatic rings. The first-order chi connectivity index (χ1) is 8.15. The first kappa shape index (κ1) is 13.8. The maximum atomic E-state index is 11.4. The fourth-order valence-electron chi connectivity index (χ4n) is 1.23. The van der Waals surface area contributed by atoms with Crippen LogP contribution >= 0.6 is 11.6 Å². The van der Waals surface area contributed by atoms with E-state index in [1.54, 1.807) is 24.3 Å². The van der Waals surface area contributed by atoms with Crippen LogP contribution in [0, 0.1) is 0 Å². The first-order valence-electron chi connectivity index (χ1n) is 5.44. The van der Waals surface area contributed by atoms with Gasteiger partial charge in [-0.15, -0.1) is 0 Å². The zero-order valence-electron chi connectivity index (χ0n) is 9.65. The van der Waals surface area contributed by atoms with Crippen molar-refractivity contribution in [1.82, 2.24) is 5.32 Å². The van der Waals surface area contributed by atoms with Crippen molar-refractivity contribution in [2.24, 2.45) is 0 Å². The summed E-state index contributed by atoms with van der Waals surface area (Å²) < 4.78 is 5.26. The third-order valence-corrected chi connectivity index (χ3v) is 2.51. The molecule has 0 saturated carbocycles. The van der Waals surface area contributed by atoms with Crippen LogP contribution in [-0.4, -0.2) is 30.3 Å². The van der Waals surface area contributed by atoms with E-state index in [-0.39, 0.29) is 25.2 Å². The largest absolute Gasteiger partial charge is 0.484 e.